The zero-order valence-corrected chi connectivity index (χ0v) is 19.1. The number of nitrogens with two attached hydrogens (primary N) is 1. The normalized spacial score (nSPS) is 16.0. The number of hydrogen-bond acceptors (Lipinski definition) is 6. The Morgan fingerprint density at radius 3 is 2.77 bits per heavy atom. The summed E-state index contributed by atoms with van der Waals surface area (Å²) in [5.41, 5.74) is 9.36. The molecule has 2 aromatic carbocycles. The molecular formula is C26H24FN5O3. The average molecular weight is 474 g/mol. The second kappa shape index (κ2) is 9.27. The van der Waals surface area contributed by atoms with E-state index in [2.05, 4.69) is 20.4 Å². The smallest absolute Gasteiger partial charge is 0.259 e. The van der Waals surface area contributed by atoms with Gasteiger partial charge in [-0.05, 0) is 74.3 Å². The van der Waals surface area contributed by atoms with Crippen LogP contribution in [0.2, 0.25) is 0 Å². The third-order valence-corrected chi connectivity index (χ3v) is 6.26. The number of fused-ring (bicyclic) bond motifs is 1. The van der Waals surface area contributed by atoms with Crippen LogP contribution in [0.3, 0.4) is 0 Å². The van der Waals surface area contributed by atoms with Crippen LogP contribution in [0.4, 0.5) is 10.1 Å². The average Bonchev–Trinajstić information content (AvgIpc) is 3.46. The van der Waals surface area contributed by atoms with E-state index in [0.717, 1.165) is 24.9 Å². The summed E-state index contributed by atoms with van der Waals surface area (Å²) >= 11 is 0. The Hall–Kier alpha value is -4.11. The highest BCUT2D eigenvalue weighted by Crippen LogP contribution is 2.28. The molecular weight excluding hydrogens is 449 g/mol. The van der Waals surface area contributed by atoms with E-state index in [9.17, 15) is 14.0 Å². The largest absolute Gasteiger partial charge is 0.368 e. The van der Waals surface area contributed by atoms with E-state index in [0.29, 0.717) is 40.1 Å². The molecule has 1 aliphatic heterocycles. The number of carbonyl (C=O) groups excluding carboxylic acids is 2. The van der Waals surface area contributed by atoms with Crippen LogP contribution >= 0.6 is 0 Å². The van der Waals surface area contributed by atoms with E-state index in [1.807, 2.05) is 18.2 Å². The number of halogens is 1. The first kappa shape index (κ1) is 22.7. The third-order valence-electron chi connectivity index (χ3n) is 6.26. The van der Waals surface area contributed by atoms with Crippen molar-refractivity contribution in [3.8, 4) is 11.3 Å². The van der Waals surface area contributed by atoms with E-state index in [1.165, 1.54) is 12.1 Å². The van der Waals surface area contributed by atoms with Gasteiger partial charge in [0.25, 0.3) is 11.6 Å². The van der Waals surface area contributed by atoms with E-state index in [-0.39, 0.29) is 29.4 Å². The van der Waals surface area contributed by atoms with Gasteiger partial charge in [-0.2, -0.15) is 0 Å². The molecule has 35 heavy (non-hydrogen) atoms. The van der Waals surface area contributed by atoms with Crippen LogP contribution in [0.1, 0.15) is 34.5 Å². The quantitative estimate of drug-likeness (QED) is 0.437. The van der Waals surface area contributed by atoms with Crippen LogP contribution in [-0.2, 0) is 11.3 Å². The number of benzene rings is 2. The van der Waals surface area contributed by atoms with Gasteiger partial charge >= 0.3 is 0 Å². The molecule has 1 aliphatic rings. The van der Waals surface area contributed by atoms with Crippen molar-refractivity contribution < 1.29 is 18.5 Å². The maximum absolute atomic E-state index is 13.4. The number of hydrogen-bond donors (Lipinski definition) is 2. The highest BCUT2D eigenvalue weighted by molar-refractivity contribution is 6.13. The minimum atomic E-state index is -0.362. The second-order valence-corrected chi connectivity index (χ2v) is 8.70. The highest BCUT2D eigenvalue weighted by atomic mass is 19.1. The molecule has 0 radical (unpaired) electrons. The fourth-order valence-corrected chi connectivity index (χ4v) is 4.56. The fourth-order valence-electron chi connectivity index (χ4n) is 4.56. The van der Waals surface area contributed by atoms with E-state index in [4.69, 9.17) is 10.3 Å². The van der Waals surface area contributed by atoms with Crippen molar-refractivity contribution in [2.45, 2.75) is 32.4 Å². The van der Waals surface area contributed by atoms with Gasteiger partial charge in [0.15, 0.2) is 0 Å². The lowest BCUT2D eigenvalue weighted by Crippen LogP contribution is -2.39. The number of aryl methyl sites for hydroxylation is 1. The van der Waals surface area contributed by atoms with Gasteiger partial charge in [-0.3, -0.25) is 14.5 Å². The van der Waals surface area contributed by atoms with Crippen molar-refractivity contribution in [2.24, 2.45) is 5.73 Å². The Kier molecular flexibility index (Phi) is 6.00. The van der Waals surface area contributed by atoms with Crippen molar-refractivity contribution in [1.29, 1.82) is 0 Å². The van der Waals surface area contributed by atoms with E-state index >= 15 is 0 Å². The number of likely N-dealkylation sites (tertiary alicyclic amines) is 1. The summed E-state index contributed by atoms with van der Waals surface area (Å²) in [7, 11) is 0. The molecule has 3 N–H and O–H groups in total. The number of anilines is 1. The molecule has 3 heterocycles. The van der Waals surface area contributed by atoms with Gasteiger partial charge in [0.05, 0.1) is 28.4 Å². The Labute approximate surface area is 200 Å². The fraction of sp³-hybridized carbons (Fsp3) is 0.231. The van der Waals surface area contributed by atoms with Crippen LogP contribution in [0.25, 0.3) is 22.4 Å². The molecule has 5 rings (SSSR count). The summed E-state index contributed by atoms with van der Waals surface area (Å²) in [6.45, 7) is 3.11. The lowest BCUT2D eigenvalue weighted by molar-refractivity contribution is -0.122. The molecule has 9 heteroatoms. The SMILES string of the molecule is Cc1noc2nc(-c3ccc(F)cc3)cc(C(=O)Nc3cccc(CN4CCCC4C(N)=O)c3)c12. The molecule has 1 fully saturated rings. The Balaban J connectivity index is 1.43. The molecule has 4 aromatic rings. The van der Waals surface area contributed by atoms with Crippen molar-refractivity contribution in [1.82, 2.24) is 15.0 Å². The van der Waals surface area contributed by atoms with Gasteiger partial charge in [0.1, 0.15) is 5.82 Å². The van der Waals surface area contributed by atoms with E-state index in [1.54, 1.807) is 31.2 Å². The molecule has 2 aromatic heterocycles. The Bertz CT molecular complexity index is 1420. The van der Waals surface area contributed by atoms with Crippen molar-refractivity contribution in [3.05, 3.63) is 77.2 Å². The van der Waals surface area contributed by atoms with Crippen molar-refractivity contribution in [3.63, 3.8) is 0 Å². The van der Waals surface area contributed by atoms with Crippen LogP contribution in [-0.4, -0.2) is 39.4 Å². The van der Waals surface area contributed by atoms with Crippen molar-refractivity contribution in [2.75, 3.05) is 11.9 Å². The van der Waals surface area contributed by atoms with Gasteiger partial charge < -0.3 is 15.6 Å². The van der Waals surface area contributed by atoms with Gasteiger partial charge in [-0.1, -0.05) is 17.3 Å². The van der Waals surface area contributed by atoms with Gasteiger partial charge in [-0.15, -0.1) is 0 Å². The zero-order valence-electron chi connectivity index (χ0n) is 19.1. The molecule has 0 aliphatic carbocycles. The number of amides is 2. The third kappa shape index (κ3) is 4.63. The molecule has 0 bridgehead atoms. The first-order valence-corrected chi connectivity index (χ1v) is 11.4. The maximum Gasteiger partial charge on any atom is 0.259 e. The Morgan fingerprint density at radius 1 is 1.20 bits per heavy atom. The number of rotatable bonds is 6. The van der Waals surface area contributed by atoms with Gasteiger partial charge in [0, 0.05) is 17.8 Å². The van der Waals surface area contributed by atoms with Crippen molar-refractivity contribution >= 4 is 28.6 Å². The van der Waals surface area contributed by atoms with Crippen LogP contribution in [0.15, 0.2) is 59.1 Å². The maximum atomic E-state index is 13.4. The van der Waals surface area contributed by atoms with Gasteiger partial charge in [-0.25, -0.2) is 9.37 Å². The lowest BCUT2D eigenvalue weighted by Gasteiger charge is -2.22. The summed E-state index contributed by atoms with van der Waals surface area (Å²) in [5.74, 6) is -1.02. The molecule has 8 nitrogen and oxygen atoms in total. The Morgan fingerprint density at radius 2 is 2.00 bits per heavy atom. The molecule has 1 unspecified atom stereocenters. The number of nitrogens with one attached hydrogen (secondary N) is 1. The predicted molar refractivity (Wildman–Crippen MR) is 129 cm³/mol. The van der Waals surface area contributed by atoms with E-state index < -0.39 is 0 Å². The number of aromatic nitrogens is 2. The standard InChI is InChI=1S/C26H24FN5O3/c1-15-23-20(13-21(30-26(23)35-31-15)17-7-9-18(27)10-8-17)25(34)29-19-5-2-4-16(12-19)14-32-11-3-6-22(32)24(28)33/h2,4-5,7-10,12-13,22H,3,6,11,14H2,1H3,(H2,28,33)(H,29,34). The monoisotopic (exact) mass is 473 g/mol. The number of nitrogens with zero attached hydrogens (tertiary/aromatic N) is 3. The summed E-state index contributed by atoms with van der Waals surface area (Å²) in [6, 6.07) is 14.7. The minimum Gasteiger partial charge on any atom is -0.368 e. The lowest BCUT2D eigenvalue weighted by atomic mass is 10.0. The first-order valence-electron chi connectivity index (χ1n) is 11.4. The molecule has 178 valence electrons. The second-order valence-electron chi connectivity index (χ2n) is 8.70. The summed E-state index contributed by atoms with van der Waals surface area (Å²) in [6.07, 6.45) is 1.69. The first-order chi connectivity index (χ1) is 16.9. The predicted octanol–water partition coefficient (Wildman–Crippen LogP) is 4.04. The summed E-state index contributed by atoms with van der Waals surface area (Å²) in [4.78, 5) is 31.6. The molecule has 0 spiro atoms. The summed E-state index contributed by atoms with van der Waals surface area (Å²) in [5, 5.41) is 7.43. The highest BCUT2D eigenvalue weighted by Gasteiger charge is 2.28. The van der Waals surface area contributed by atoms with Gasteiger partial charge in [0.2, 0.25) is 5.91 Å². The molecule has 0 saturated carbocycles. The number of pyridine rings is 1. The zero-order chi connectivity index (χ0) is 24.5. The minimum absolute atomic E-state index is 0.231. The number of primary amides is 1. The number of carbonyl (C=O) groups is 2. The van der Waals surface area contributed by atoms with Crippen LogP contribution in [0.5, 0.6) is 0 Å². The van der Waals surface area contributed by atoms with Crippen LogP contribution in [0, 0.1) is 12.7 Å². The summed E-state index contributed by atoms with van der Waals surface area (Å²) < 4.78 is 18.7. The van der Waals surface area contributed by atoms with Crippen LogP contribution < -0.4 is 11.1 Å². The topological polar surface area (TPSA) is 114 Å². The molecule has 1 saturated heterocycles. The molecule has 2 amide bonds. The molecule has 1 atom stereocenters.